The van der Waals surface area contributed by atoms with Crippen molar-refractivity contribution in [2.24, 2.45) is 0 Å². The van der Waals surface area contributed by atoms with Crippen molar-refractivity contribution in [2.75, 3.05) is 0 Å². The standard InChI is InChI=1S/C8H8O2.Hg.H3N/c1-7(9)10-8-5-3-2-4-6-8;;/h2-6H,1H3;;1H3/q;+2;/p+1. The quantitative estimate of drug-likeness (QED) is 0.476. The van der Waals surface area contributed by atoms with Crippen LogP contribution in [0.1, 0.15) is 6.92 Å². The maximum absolute atomic E-state index is 10.4. The topological polar surface area (TPSA) is 62.8 Å². The third-order valence-electron chi connectivity index (χ3n) is 1.00. The van der Waals surface area contributed by atoms with Crippen LogP contribution in [0.2, 0.25) is 0 Å². The molecule has 1 rings (SSSR count). The first-order valence-corrected chi connectivity index (χ1v) is 3.02. The van der Waals surface area contributed by atoms with E-state index in [1.807, 2.05) is 18.2 Å². The van der Waals surface area contributed by atoms with Gasteiger partial charge in [-0.25, -0.2) is 0 Å². The first-order valence-electron chi connectivity index (χ1n) is 3.02. The van der Waals surface area contributed by atoms with E-state index in [-0.39, 0.29) is 39.8 Å². The van der Waals surface area contributed by atoms with Crippen LogP contribution < -0.4 is 10.9 Å². The van der Waals surface area contributed by atoms with Crippen molar-refractivity contribution in [3.05, 3.63) is 30.3 Å². The second-order valence-electron chi connectivity index (χ2n) is 1.91. The van der Waals surface area contributed by atoms with Crippen molar-refractivity contribution in [2.45, 2.75) is 6.92 Å². The summed E-state index contributed by atoms with van der Waals surface area (Å²) in [7, 11) is 0. The number of rotatable bonds is 1. The molecule has 0 aliphatic rings. The largest absolute Gasteiger partial charge is 2.00 e. The maximum atomic E-state index is 10.4. The molecule has 0 unspecified atom stereocenters. The zero-order valence-electron chi connectivity index (χ0n) is 7.41. The van der Waals surface area contributed by atoms with Gasteiger partial charge in [0, 0.05) is 6.92 Å². The van der Waals surface area contributed by atoms with Crippen molar-refractivity contribution in [3.63, 3.8) is 0 Å². The van der Waals surface area contributed by atoms with Crippen LogP contribution in [0.5, 0.6) is 5.75 Å². The molecule has 0 bridgehead atoms. The minimum Gasteiger partial charge on any atom is -0.427 e. The van der Waals surface area contributed by atoms with Gasteiger partial charge in [-0.2, -0.15) is 0 Å². The fraction of sp³-hybridized carbons (Fsp3) is 0.125. The van der Waals surface area contributed by atoms with Crippen molar-refractivity contribution >= 4 is 5.97 Å². The van der Waals surface area contributed by atoms with Crippen LogP contribution in [-0.2, 0) is 32.5 Å². The number of benzene rings is 1. The molecule has 0 spiro atoms. The van der Waals surface area contributed by atoms with Gasteiger partial charge >= 0.3 is 33.6 Å². The molecule has 1 aromatic rings. The molecule has 0 saturated carbocycles. The van der Waals surface area contributed by atoms with Crippen LogP contribution in [0.25, 0.3) is 0 Å². The molecule has 1 aromatic carbocycles. The van der Waals surface area contributed by atoms with Gasteiger partial charge in [0.1, 0.15) is 5.75 Å². The monoisotopic (exact) mass is 356 g/mol. The van der Waals surface area contributed by atoms with Crippen molar-refractivity contribution in [3.8, 4) is 5.75 Å². The van der Waals surface area contributed by atoms with Crippen molar-refractivity contribution < 1.29 is 37.2 Å². The fourth-order valence-electron chi connectivity index (χ4n) is 0.655. The molecule has 0 saturated heterocycles. The van der Waals surface area contributed by atoms with Crippen LogP contribution >= 0.6 is 0 Å². The van der Waals surface area contributed by atoms with Crippen molar-refractivity contribution in [1.29, 1.82) is 0 Å². The van der Waals surface area contributed by atoms with Gasteiger partial charge in [-0.3, -0.25) is 4.79 Å². The van der Waals surface area contributed by atoms with E-state index in [9.17, 15) is 4.79 Å². The third-order valence-corrected chi connectivity index (χ3v) is 1.00. The minimum absolute atomic E-state index is 0. The Morgan fingerprint density at radius 2 is 1.75 bits per heavy atom. The van der Waals surface area contributed by atoms with E-state index >= 15 is 0 Å². The zero-order chi connectivity index (χ0) is 7.40. The molecule has 60 valence electrons. The van der Waals surface area contributed by atoms with Crippen LogP contribution in [0, 0.1) is 0 Å². The van der Waals surface area contributed by atoms with Crippen LogP contribution in [0.3, 0.4) is 0 Å². The van der Waals surface area contributed by atoms with E-state index in [4.69, 9.17) is 4.74 Å². The minimum atomic E-state index is -0.286. The average Bonchev–Trinajstić information content (AvgIpc) is 1.88. The van der Waals surface area contributed by atoms with E-state index in [1.165, 1.54) is 6.92 Å². The molecule has 0 radical (unpaired) electrons. The van der Waals surface area contributed by atoms with Gasteiger partial charge in [0.2, 0.25) is 0 Å². The van der Waals surface area contributed by atoms with Gasteiger partial charge in [-0.1, -0.05) is 18.2 Å². The number of carbonyl (C=O) groups is 1. The van der Waals surface area contributed by atoms with Gasteiger partial charge in [-0.15, -0.1) is 0 Å². The summed E-state index contributed by atoms with van der Waals surface area (Å²) in [6.07, 6.45) is 0. The molecule has 12 heavy (non-hydrogen) atoms. The summed E-state index contributed by atoms with van der Waals surface area (Å²) in [5, 5.41) is 0. The summed E-state index contributed by atoms with van der Waals surface area (Å²) in [4.78, 5) is 10.4. The predicted octanol–water partition coefficient (Wildman–Crippen LogP) is 1.99. The SMILES string of the molecule is CC(=O)Oc1ccccc1.[Hg+2].[NH4+]. The zero-order valence-corrected chi connectivity index (χ0v) is 12.9. The third kappa shape index (κ3) is 5.26. The summed E-state index contributed by atoms with van der Waals surface area (Å²) >= 11 is 0. The van der Waals surface area contributed by atoms with E-state index in [1.54, 1.807) is 12.1 Å². The number of hydrogen-bond donors (Lipinski definition) is 1. The van der Waals surface area contributed by atoms with Gasteiger partial charge in [0.05, 0.1) is 0 Å². The number of ether oxygens (including phenoxy) is 1. The second-order valence-corrected chi connectivity index (χ2v) is 1.91. The fourth-order valence-corrected chi connectivity index (χ4v) is 0.655. The summed E-state index contributed by atoms with van der Waals surface area (Å²) in [5.74, 6) is 0.307. The first kappa shape index (κ1) is 14.1. The number of para-hydroxylation sites is 1. The molecule has 0 fully saturated rings. The Hall–Kier alpha value is -0.415. The summed E-state index contributed by atoms with van der Waals surface area (Å²) in [6, 6.07) is 8.98. The van der Waals surface area contributed by atoms with Gasteiger partial charge in [0.15, 0.2) is 0 Å². The average molecular weight is 355 g/mol. The summed E-state index contributed by atoms with van der Waals surface area (Å²) < 4.78 is 4.78. The number of hydrogen-bond acceptors (Lipinski definition) is 2. The molecule has 0 aliphatic carbocycles. The smallest absolute Gasteiger partial charge is 0.427 e. The Kier molecular flexibility index (Phi) is 8.53. The predicted molar refractivity (Wildman–Crippen MR) is 43.7 cm³/mol. The second kappa shape index (κ2) is 7.25. The van der Waals surface area contributed by atoms with Gasteiger partial charge in [-0.05, 0) is 12.1 Å². The molecular formula is C8H12HgNO2+3. The molecular weight excluding hydrogens is 343 g/mol. The van der Waals surface area contributed by atoms with Crippen molar-refractivity contribution in [1.82, 2.24) is 6.15 Å². The number of esters is 1. The Morgan fingerprint density at radius 3 is 2.17 bits per heavy atom. The normalized spacial score (nSPS) is 7.42. The molecule has 0 atom stereocenters. The molecule has 0 aromatic heterocycles. The molecule has 0 heterocycles. The van der Waals surface area contributed by atoms with E-state index in [2.05, 4.69) is 0 Å². The first-order chi connectivity index (χ1) is 4.79. The number of quaternary nitrogens is 1. The molecule has 3 nitrogen and oxygen atoms in total. The van der Waals surface area contributed by atoms with Crippen LogP contribution in [0.15, 0.2) is 30.3 Å². The maximum Gasteiger partial charge on any atom is 2.00 e. The Labute approximate surface area is 92.2 Å². The van der Waals surface area contributed by atoms with Gasteiger partial charge < -0.3 is 10.9 Å². The molecule has 0 amide bonds. The Balaban J connectivity index is 0. The molecule has 0 aliphatic heterocycles. The molecule has 4 heteroatoms. The van der Waals surface area contributed by atoms with Gasteiger partial charge in [0.25, 0.3) is 0 Å². The molecule has 4 N–H and O–H groups in total. The van der Waals surface area contributed by atoms with E-state index in [0.29, 0.717) is 5.75 Å². The summed E-state index contributed by atoms with van der Waals surface area (Å²) in [5.41, 5.74) is 0. The van der Waals surface area contributed by atoms with E-state index in [0.717, 1.165) is 0 Å². The van der Waals surface area contributed by atoms with Crippen LogP contribution in [-0.4, -0.2) is 5.97 Å². The number of carbonyl (C=O) groups excluding carboxylic acids is 1. The van der Waals surface area contributed by atoms with E-state index < -0.39 is 0 Å². The summed E-state index contributed by atoms with van der Waals surface area (Å²) in [6.45, 7) is 1.38. The Morgan fingerprint density at radius 1 is 1.25 bits per heavy atom. The van der Waals surface area contributed by atoms with Crippen LogP contribution in [0.4, 0.5) is 0 Å². The Bertz CT molecular complexity index is 226.